The van der Waals surface area contributed by atoms with Crippen molar-refractivity contribution >= 4 is 17.5 Å². The van der Waals surface area contributed by atoms with Gasteiger partial charge in [-0.15, -0.1) is 0 Å². The molecular formula is C16H20N2O3. The molecule has 2 N–H and O–H groups in total. The second-order valence-electron chi connectivity index (χ2n) is 4.86. The molecule has 1 aromatic heterocycles. The van der Waals surface area contributed by atoms with E-state index >= 15 is 0 Å². The molecule has 1 heterocycles. The van der Waals surface area contributed by atoms with E-state index in [4.69, 9.17) is 4.42 Å². The van der Waals surface area contributed by atoms with Crippen molar-refractivity contribution < 1.29 is 13.9 Å². The second-order valence-corrected chi connectivity index (χ2v) is 4.86. The normalized spacial score (nSPS) is 11.7. The van der Waals surface area contributed by atoms with Gasteiger partial charge in [0.25, 0.3) is 0 Å². The van der Waals surface area contributed by atoms with E-state index < -0.39 is 6.09 Å². The summed E-state index contributed by atoms with van der Waals surface area (Å²) < 4.78 is 9.86. The number of methoxy groups -OCH3 is 1. The first-order valence-electron chi connectivity index (χ1n) is 6.91. The number of hydrogen-bond acceptors (Lipinski definition) is 4. The fourth-order valence-electron chi connectivity index (χ4n) is 1.99. The molecule has 112 valence electrons. The molecule has 0 saturated carbocycles. The van der Waals surface area contributed by atoms with Crippen LogP contribution in [-0.4, -0.2) is 19.2 Å². The maximum atomic E-state index is 11.1. The van der Waals surface area contributed by atoms with E-state index in [1.165, 1.54) is 7.11 Å². The molecule has 1 unspecified atom stereocenters. The SMILES string of the molecule is COC(=O)Nc1ccc(NC(C)CCc2ccco2)cc1. The smallest absolute Gasteiger partial charge is 0.411 e. The predicted molar refractivity (Wildman–Crippen MR) is 82.6 cm³/mol. The van der Waals surface area contributed by atoms with Crippen LogP contribution in [0.25, 0.3) is 0 Å². The molecule has 0 fully saturated rings. The minimum absolute atomic E-state index is 0.328. The van der Waals surface area contributed by atoms with Gasteiger partial charge in [-0.3, -0.25) is 5.32 Å². The third-order valence-electron chi connectivity index (χ3n) is 3.13. The Morgan fingerprint density at radius 1 is 1.24 bits per heavy atom. The van der Waals surface area contributed by atoms with E-state index in [0.717, 1.165) is 24.3 Å². The molecule has 2 aromatic rings. The molecule has 0 spiro atoms. The number of hydrogen-bond donors (Lipinski definition) is 2. The summed E-state index contributed by atoms with van der Waals surface area (Å²) >= 11 is 0. The highest BCUT2D eigenvalue weighted by Crippen LogP contribution is 2.16. The zero-order chi connectivity index (χ0) is 15.1. The van der Waals surface area contributed by atoms with Crippen LogP contribution in [0.1, 0.15) is 19.1 Å². The van der Waals surface area contributed by atoms with Crippen molar-refractivity contribution in [1.82, 2.24) is 0 Å². The minimum atomic E-state index is -0.470. The van der Waals surface area contributed by atoms with Crippen LogP contribution in [0, 0.1) is 0 Å². The third kappa shape index (κ3) is 4.87. The first-order chi connectivity index (χ1) is 10.2. The summed E-state index contributed by atoms with van der Waals surface area (Å²) in [6.07, 6.45) is 3.11. The fraction of sp³-hybridized carbons (Fsp3) is 0.312. The number of carbonyl (C=O) groups is 1. The van der Waals surface area contributed by atoms with Gasteiger partial charge in [0.2, 0.25) is 0 Å². The number of aryl methyl sites for hydroxylation is 1. The number of furan rings is 1. The first-order valence-corrected chi connectivity index (χ1v) is 6.91. The average molecular weight is 288 g/mol. The Kier molecular flexibility index (Phi) is 5.26. The number of anilines is 2. The molecule has 0 aliphatic rings. The summed E-state index contributed by atoms with van der Waals surface area (Å²) in [5, 5.41) is 6.03. The van der Waals surface area contributed by atoms with Gasteiger partial charge in [0.1, 0.15) is 5.76 Å². The van der Waals surface area contributed by atoms with Crippen LogP contribution < -0.4 is 10.6 Å². The van der Waals surface area contributed by atoms with Gasteiger partial charge in [-0.2, -0.15) is 0 Å². The van der Waals surface area contributed by atoms with Gasteiger partial charge in [-0.1, -0.05) is 0 Å². The quantitative estimate of drug-likeness (QED) is 0.846. The molecular weight excluding hydrogens is 268 g/mol. The van der Waals surface area contributed by atoms with E-state index in [1.807, 2.05) is 36.4 Å². The Balaban J connectivity index is 1.80. The number of amides is 1. The minimum Gasteiger partial charge on any atom is -0.469 e. The predicted octanol–water partition coefficient (Wildman–Crippen LogP) is 3.89. The standard InChI is InChI=1S/C16H20N2O3/c1-12(5-10-15-4-3-11-21-15)17-13-6-8-14(9-7-13)18-16(19)20-2/h3-4,6-9,11-12,17H,5,10H2,1-2H3,(H,18,19). The molecule has 0 bridgehead atoms. The van der Waals surface area contributed by atoms with Gasteiger partial charge in [0.15, 0.2) is 0 Å². The largest absolute Gasteiger partial charge is 0.469 e. The molecule has 21 heavy (non-hydrogen) atoms. The Labute approximate surface area is 124 Å². The van der Waals surface area contributed by atoms with Crippen molar-refractivity contribution in [3.8, 4) is 0 Å². The maximum absolute atomic E-state index is 11.1. The lowest BCUT2D eigenvalue weighted by Crippen LogP contribution is -2.16. The lowest BCUT2D eigenvalue weighted by atomic mass is 10.1. The molecule has 1 aromatic carbocycles. The molecule has 5 heteroatoms. The fourth-order valence-corrected chi connectivity index (χ4v) is 1.99. The summed E-state index contributed by atoms with van der Waals surface area (Å²) in [6.45, 7) is 2.13. The number of benzene rings is 1. The van der Waals surface area contributed by atoms with E-state index in [2.05, 4.69) is 22.3 Å². The summed E-state index contributed by atoms with van der Waals surface area (Å²) in [6, 6.07) is 11.7. The highest BCUT2D eigenvalue weighted by molar-refractivity contribution is 5.84. The summed E-state index contributed by atoms with van der Waals surface area (Å²) in [5.74, 6) is 1.00. The molecule has 2 rings (SSSR count). The Morgan fingerprint density at radius 3 is 2.57 bits per heavy atom. The van der Waals surface area contributed by atoms with Crippen LogP contribution in [0.2, 0.25) is 0 Å². The van der Waals surface area contributed by atoms with Gasteiger partial charge in [0.05, 0.1) is 13.4 Å². The molecule has 0 aliphatic heterocycles. The molecule has 0 aliphatic carbocycles. The van der Waals surface area contributed by atoms with Crippen LogP contribution in [0.5, 0.6) is 0 Å². The molecule has 0 radical (unpaired) electrons. The van der Waals surface area contributed by atoms with E-state index in [1.54, 1.807) is 6.26 Å². The lowest BCUT2D eigenvalue weighted by Gasteiger charge is -2.15. The van der Waals surface area contributed by atoms with Gasteiger partial charge >= 0.3 is 6.09 Å². The Morgan fingerprint density at radius 2 is 1.95 bits per heavy atom. The number of nitrogens with one attached hydrogen (secondary N) is 2. The van der Waals surface area contributed by atoms with Crippen LogP contribution in [0.15, 0.2) is 47.1 Å². The maximum Gasteiger partial charge on any atom is 0.411 e. The topological polar surface area (TPSA) is 63.5 Å². The number of rotatable bonds is 6. The van der Waals surface area contributed by atoms with E-state index in [-0.39, 0.29) is 0 Å². The average Bonchev–Trinajstić information content (AvgIpc) is 3.00. The van der Waals surface area contributed by atoms with Gasteiger partial charge in [-0.25, -0.2) is 4.79 Å². The first kappa shape index (κ1) is 15.0. The van der Waals surface area contributed by atoms with Crippen LogP contribution in [0.4, 0.5) is 16.2 Å². The Bertz CT molecular complexity index is 549. The summed E-state index contributed by atoms with van der Waals surface area (Å²) in [5.41, 5.74) is 1.72. The van der Waals surface area contributed by atoms with Crippen LogP contribution >= 0.6 is 0 Å². The number of carbonyl (C=O) groups excluding carboxylic acids is 1. The van der Waals surface area contributed by atoms with E-state index in [0.29, 0.717) is 11.7 Å². The summed E-state index contributed by atoms with van der Waals surface area (Å²) in [7, 11) is 1.34. The Hall–Kier alpha value is -2.43. The monoisotopic (exact) mass is 288 g/mol. The van der Waals surface area contributed by atoms with Crippen molar-refractivity contribution in [2.75, 3.05) is 17.7 Å². The van der Waals surface area contributed by atoms with Crippen molar-refractivity contribution in [3.05, 3.63) is 48.4 Å². The summed E-state index contributed by atoms with van der Waals surface area (Å²) in [4.78, 5) is 11.1. The van der Waals surface area contributed by atoms with Crippen molar-refractivity contribution in [2.45, 2.75) is 25.8 Å². The molecule has 5 nitrogen and oxygen atoms in total. The van der Waals surface area contributed by atoms with Gasteiger partial charge in [-0.05, 0) is 49.7 Å². The van der Waals surface area contributed by atoms with Crippen LogP contribution in [0.3, 0.4) is 0 Å². The van der Waals surface area contributed by atoms with Crippen molar-refractivity contribution in [3.63, 3.8) is 0 Å². The highest BCUT2D eigenvalue weighted by atomic mass is 16.5. The zero-order valence-electron chi connectivity index (χ0n) is 12.3. The third-order valence-corrected chi connectivity index (χ3v) is 3.13. The lowest BCUT2D eigenvalue weighted by molar-refractivity contribution is 0.187. The van der Waals surface area contributed by atoms with Crippen molar-refractivity contribution in [2.24, 2.45) is 0 Å². The zero-order valence-corrected chi connectivity index (χ0v) is 12.3. The van der Waals surface area contributed by atoms with Crippen LogP contribution in [-0.2, 0) is 11.2 Å². The van der Waals surface area contributed by atoms with E-state index in [9.17, 15) is 4.79 Å². The van der Waals surface area contributed by atoms with Gasteiger partial charge < -0.3 is 14.5 Å². The molecule has 1 atom stereocenters. The molecule has 1 amide bonds. The van der Waals surface area contributed by atoms with Gasteiger partial charge in [0, 0.05) is 23.8 Å². The highest BCUT2D eigenvalue weighted by Gasteiger charge is 2.05. The van der Waals surface area contributed by atoms with Crippen molar-refractivity contribution in [1.29, 1.82) is 0 Å². The number of ether oxygens (including phenoxy) is 1. The second kappa shape index (κ2) is 7.38. The molecule has 0 saturated heterocycles.